The zero-order chi connectivity index (χ0) is 18.4. The average Bonchev–Trinajstić information content (AvgIpc) is 2.87. The van der Waals surface area contributed by atoms with E-state index < -0.39 is 12.8 Å². The maximum Gasteiger partial charge on any atom is 0.422 e. The number of carbonyl (C=O) groups is 1. The molecule has 0 aromatic carbocycles. The Morgan fingerprint density at radius 2 is 2.28 bits per heavy atom. The van der Waals surface area contributed by atoms with Gasteiger partial charge in [-0.05, 0) is 25.3 Å². The summed E-state index contributed by atoms with van der Waals surface area (Å²) in [6.07, 6.45) is 2.03. The van der Waals surface area contributed by atoms with E-state index in [-0.39, 0.29) is 11.8 Å². The van der Waals surface area contributed by atoms with E-state index in [0.717, 1.165) is 0 Å². The molecule has 25 heavy (non-hydrogen) atoms. The van der Waals surface area contributed by atoms with Crippen LogP contribution < -0.4 is 0 Å². The third kappa shape index (κ3) is 5.32. The van der Waals surface area contributed by atoms with Crippen LogP contribution in [0.4, 0.5) is 13.2 Å². The molecule has 2 heterocycles. The van der Waals surface area contributed by atoms with Crippen molar-refractivity contribution < 1.29 is 22.7 Å². The van der Waals surface area contributed by atoms with Crippen LogP contribution in [0.2, 0.25) is 5.15 Å². The van der Waals surface area contributed by atoms with Crippen molar-refractivity contribution in [1.82, 2.24) is 9.88 Å². The molecule has 0 radical (unpaired) electrons. The first-order chi connectivity index (χ1) is 11.8. The molecular formula is C16H15ClF3N3O2. The van der Waals surface area contributed by atoms with Crippen molar-refractivity contribution in [3.05, 3.63) is 52.7 Å². The minimum atomic E-state index is -4.44. The first kappa shape index (κ1) is 19.0. The number of pyridine rings is 1. The molecule has 0 fully saturated rings. The van der Waals surface area contributed by atoms with Gasteiger partial charge in [0.2, 0.25) is 5.88 Å². The van der Waals surface area contributed by atoms with Crippen molar-refractivity contribution in [2.24, 2.45) is 4.99 Å². The first-order valence-corrected chi connectivity index (χ1v) is 7.65. The number of amides is 1. The van der Waals surface area contributed by atoms with Gasteiger partial charge in [0.15, 0.2) is 6.61 Å². The van der Waals surface area contributed by atoms with Crippen molar-refractivity contribution in [1.29, 1.82) is 0 Å². The monoisotopic (exact) mass is 373 g/mol. The molecule has 2 rings (SSSR count). The van der Waals surface area contributed by atoms with E-state index in [9.17, 15) is 18.0 Å². The third-order valence-electron chi connectivity index (χ3n) is 3.35. The fraction of sp³-hybridized carbons (Fsp3) is 0.312. The van der Waals surface area contributed by atoms with E-state index in [0.29, 0.717) is 35.8 Å². The average molecular weight is 374 g/mol. The molecule has 1 aromatic heterocycles. The van der Waals surface area contributed by atoms with Crippen molar-refractivity contribution >= 4 is 24.2 Å². The number of halogens is 4. The van der Waals surface area contributed by atoms with E-state index in [1.54, 1.807) is 17.0 Å². The summed E-state index contributed by atoms with van der Waals surface area (Å²) >= 11 is 5.97. The lowest BCUT2D eigenvalue weighted by atomic mass is 10.2. The highest BCUT2D eigenvalue weighted by atomic mass is 35.5. The fourth-order valence-electron chi connectivity index (χ4n) is 2.21. The zero-order valence-corrected chi connectivity index (χ0v) is 13.8. The molecule has 0 bridgehead atoms. The van der Waals surface area contributed by atoms with Crippen molar-refractivity contribution in [2.45, 2.75) is 19.1 Å². The number of fused-ring (bicyclic) bond motifs is 1. The van der Waals surface area contributed by atoms with E-state index in [4.69, 9.17) is 11.6 Å². The molecule has 1 aliphatic rings. The first-order valence-electron chi connectivity index (χ1n) is 7.27. The smallest absolute Gasteiger partial charge is 0.422 e. The van der Waals surface area contributed by atoms with E-state index >= 15 is 0 Å². The topological polar surface area (TPSA) is 54.8 Å². The van der Waals surface area contributed by atoms with Gasteiger partial charge in [-0.25, -0.2) is 9.98 Å². The maximum atomic E-state index is 12.2. The van der Waals surface area contributed by atoms with Gasteiger partial charge in [-0.15, -0.1) is 0 Å². The molecule has 0 atom stereocenters. The summed E-state index contributed by atoms with van der Waals surface area (Å²) in [5, 5.41) is 0.315. The third-order valence-corrected chi connectivity index (χ3v) is 3.68. The Hall–Kier alpha value is -2.35. The summed E-state index contributed by atoms with van der Waals surface area (Å²) in [5.41, 5.74) is 1.25. The highest BCUT2D eigenvalue weighted by molar-refractivity contribution is 6.30. The molecule has 134 valence electrons. The second kappa shape index (κ2) is 8.15. The van der Waals surface area contributed by atoms with Crippen LogP contribution in [0, 0.1) is 0 Å². The molecule has 9 heteroatoms. The van der Waals surface area contributed by atoms with Gasteiger partial charge < -0.3 is 9.64 Å². The molecular weight excluding hydrogens is 359 g/mol. The summed E-state index contributed by atoms with van der Waals surface area (Å²) in [6, 6.07) is 1.63. The predicted molar refractivity (Wildman–Crippen MR) is 87.4 cm³/mol. The quantitative estimate of drug-likeness (QED) is 0.316. The number of alkyl halides is 3. The number of hydrogen-bond acceptors (Lipinski definition) is 4. The molecule has 1 aliphatic heterocycles. The summed E-state index contributed by atoms with van der Waals surface area (Å²) in [4.78, 5) is 21.1. The maximum absolute atomic E-state index is 12.2. The van der Waals surface area contributed by atoms with Crippen LogP contribution >= 0.6 is 11.6 Å². The van der Waals surface area contributed by atoms with Crippen LogP contribution in [0.5, 0.6) is 0 Å². The van der Waals surface area contributed by atoms with E-state index in [1.165, 1.54) is 18.3 Å². The Morgan fingerprint density at radius 1 is 1.52 bits per heavy atom. The Bertz CT molecular complexity index is 717. The molecule has 1 aromatic rings. The highest BCUT2D eigenvalue weighted by Gasteiger charge is 2.29. The van der Waals surface area contributed by atoms with Crippen LogP contribution in [0.15, 0.2) is 41.4 Å². The number of allylic oxidation sites excluding steroid dienone is 2. The van der Waals surface area contributed by atoms with Crippen LogP contribution in [0.3, 0.4) is 0 Å². The molecule has 0 saturated carbocycles. The van der Waals surface area contributed by atoms with Crippen molar-refractivity contribution in [2.75, 3.05) is 13.2 Å². The number of aliphatic imine (C=N–C) groups is 1. The number of rotatable bonds is 7. The van der Waals surface area contributed by atoms with Gasteiger partial charge in [-0.1, -0.05) is 23.8 Å². The van der Waals surface area contributed by atoms with Crippen molar-refractivity contribution in [3.8, 4) is 0 Å². The van der Waals surface area contributed by atoms with E-state index in [2.05, 4.69) is 21.4 Å². The molecule has 0 unspecified atom stereocenters. The van der Waals surface area contributed by atoms with Crippen molar-refractivity contribution in [3.63, 3.8) is 0 Å². The second-order valence-corrected chi connectivity index (χ2v) is 5.50. The summed E-state index contributed by atoms with van der Waals surface area (Å²) in [5.74, 6) is -0.346. The SMILES string of the molecule is C=N/C(=C\C=C/CCN1Cc2c(ccnc2Cl)C1=O)OCC(F)(F)F. The number of hydrogen-bond donors (Lipinski definition) is 0. The van der Waals surface area contributed by atoms with Crippen LogP contribution in [-0.4, -0.2) is 41.8 Å². The summed E-state index contributed by atoms with van der Waals surface area (Å²) < 4.78 is 40.7. The Balaban J connectivity index is 1.84. The number of carbonyl (C=O) groups excluding carboxylic acids is 1. The normalized spacial score (nSPS) is 15.0. The van der Waals surface area contributed by atoms with Gasteiger partial charge in [-0.3, -0.25) is 4.79 Å². The lowest BCUT2D eigenvalue weighted by Gasteiger charge is -2.13. The molecule has 0 aliphatic carbocycles. The molecule has 5 nitrogen and oxygen atoms in total. The van der Waals surface area contributed by atoms with E-state index in [1.807, 2.05) is 0 Å². The number of ether oxygens (including phenoxy) is 1. The van der Waals surface area contributed by atoms with Gasteiger partial charge in [0, 0.05) is 30.4 Å². The lowest BCUT2D eigenvalue weighted by Crippen LogP contribution is -2.24. The van der Waals surface area contributed by atoms with Gasteiger partial charge in [0.25, 0.3) is 5.91 Å². The summed E-state index contributed by atoms with van der Waals surface area (Å²) in [7, 11) is 0. The van der Waals surface area contributed by atoms with Crippen LogP contribution in [-0.2, 0) is 11.3 Å². The minimum absolute atomic E-state index is 0.120. The van der Waals surface area contributed by atoms with Gasteiger partial charge in [-0.2, -0.15) is 13.2 Å². The van der Waals surface area contributed by atoms with Crippen LogP contribution in [0.25, 0.3) is 0 Å². The van der Waals surface area contributed by atoms with Gasteiger partial charge >= 0.3 is 6.18 Å². The highest BCUT2D eigenvalue weighted by Crippen LogP contribution is 2.27. The Labute approximate surface area is 147 Å². The fourth-order valence-corrected chi connectivity index (χ4v) is 2.43. The predicted octanol–water partition coefficient (Wildman–Crippen LogP) is 3.76. The largest absolute Gasteiger partial charge is 0.468 e. The zero-order valence-electron chi connectivity index (χ0n) is 13.1. The van der Waals surface area contributed by atoms with Crippen LogP contribution in [0.1, 0.15) is 22.3 Å². The van der Waals surface area contributed by atoms with Gasteiger partial charge in [0.1, 0.15) is 5.15 Å². The molecule has 1 amide bonds. The number of aromatic nitrogens is 1. The molecule has 0 spiro atoms. The summed E-state index contributed by atoms with van der Waals surface area (Å²) in [6.45, 7) is 2.55. The van der Waals surface area contributed by atoms with Gasteiger partial charge in [0.05, 0.1) is 0 Å². The lowest BCUT2D eigenvalue weighted by molar-refractivity contribution is -0.164. The number of nitrogens with zero attached hydrogens (tertiary/aromatic N) is 3. The Kier molecular flexibility index (Phi) is 6.19. The Morgan fingerprint density at radius 3 is 2.92 bits per heavy atom. The molecule has 0 saturated heterocycles. The standard InChI is InChI=1S/C16H15ClF3N3O2/c1-21-13(25-10-16(18,19)20)5-3-2-4-8-23-9-12-11(15(23)24)6-7-22-14(12)17/h2-3,5-7H,1,4,8-10H2/b3-2-,13-5+. The second-order valence-electron chi connectivity index (χ2n) is 5.14. The minimum Gasteiger partial charge on any atom is -0.468 e. The molecule has 0 N–H and O–H groups in total.